The molecule has 3 unspecified atom stereocenters. The fraction of sp³-hybridized carbons (Fsp3) is 0.625. The summed E-state index contributed by atoms with van der Waals surface area (Å²) in [5, 5.41) is 24.3. The molecule has 0 spiro atoms. The number of hydrogen-bond acceptors (Lipinski definition) is 10. The highest BCUT2D eigenvalue weighted by molar-refractivity contribution is 6.01. The Labute approximate surface area is 245 Å². The highest BCUT2D eigenvalue weighted by Gasteiger charge is 2.77. The molecule has 1 aliphatic heterocycles. The van der Waals surface area contributed by atoms with Crippen LogP contribution in [-0.4, -0.2) is 70.0 Å². The van der Waals surface area contributed by atoms with Gasteiger partial charge in [0.05, 0.1) is 24.2 Å². The van der Waals surface area contributed by atoms with Gasteiger partial charge in [-0.2, -0.15) is 0 Å². The number of ether oxygens (including phenoxy) is 4. The Morgan fingerprint density at radius 1 is 1.02 bits per heavy atom. The lowest BCUT2D eigenvalue weighted by atomic mass is 9.43. The van der Waals surface area contributed by atoms with Crippen molar-refractivity contribution in [1.82, 2.24) is 0 Å². The number of esters is 3. The highest BCUT2D eigenvalue weighted by Crippen LogP contribution is 2.65. The first-order valence-corrected chi connectivity index (χ1v) is 14.5. The molecule has 0 amide bonds. The number of carbonyl (C=O) groups is 4. The lowest BCUT2D eigenvalue weighted by molar-refractivity contribution is -0.339. The van der Waals surface area contributed by atoms with E-state index in [1.54, 1.807) is 58.0 Å². The number of Topliss-reactive ketones (excluding diaryl/α,β-unsaturated/α-hetero) is 1. The normalized spacial score (nSPS) is 40.4. The number of hydrogen-bond donors (Lipinski definition) is 2. The number of ketones is 1. The number of allylic oxidation sites excluding steroid dienone is 1. The number of fused-ring (bicyclic) bond motifs is 5. The van der Waals surface area contributed by atoms with Crippen molar-refractivity contribution in [2.24, 2.45) is 28.6 Å². The van der Waals surface area contributed by atoms with Gasteiger partial charge in [0.25, 0.3) is 0 Å². The van der Waals surface area contributed by atoms with Gasteiger partial charge in [0.15, 0.2) is 11.4 Å². The van der Waals surface area contributed by atoms with Crippen LogP contribution in [0.5, 0.6) is 0 Å². The highest BCUT2D eigenvalue weighted by atomic mass is 16.6. The minimum Gasteiger partial charge on any atom is -0.455 e. The van der Waals surface area contributed by atoms with Crippen molar-refractivity contribution < 1.29 is 48.3 Å². The molecule has 42 heavy (non-hydrogen) atoms. The van der Waals surface area contributed by atoms with E-state index >= 15 is 0 Å². The molecule has 0 aromatic heterocycles. The Bertz CT molecular complexity index is 1350. The summed E-state index contributed by atoms with van der Waals surface area (Å²) < 4.78 is 23.9. The number of aliphatic hydroxyl groups excluding tert-OH is 1. The van der Waals surface area contributed by atoms with E-state index < -0.39 is 81.8 Å². The monoisotopic (exact) mass is 584 g/mol. The molecule has 1 aromatic rings. The zero-order chi connectivity index (χ0) is 31.0. The smallest absolute Gasteiger partial charge is 0.338 e. The summed E-state index contributed by atoms with van der Waals surface area (Å²) in [4.78, 5) is 53.8. The molecule has 2 N–H and O–H groups in total. The number of aliphatic hydroxyl groups is 2. The van der Waals surface area contributed by atoms with E-state index in [-0.39, 0.29) is 29.9 Å². The number of carbonyl (C=O) groups excluding carboxylic acids is 4. The largest absolute Gasteiger partial charge is 0.455 e. The summed E-state index contributed by atoms with van der Waals surface area (Å²) in [6.07, 6.45) is -3.16. The summed E-state index contributed by atoms with van der Waals surface area (Å²) >= 11 is 0. The third-order valence-electron chi connectivity index (χ3n) is 10.7. The Morgan fingerprint density at radius 2 is 1.67 bits per heavy atom. The van der Waals surface area contributed by atoms with E-state index in [0.29, 0.717) is 6.42 Å². The van der Waals surface area contributed by atoms with Gasteiger partial charge >= 0.3 is 17.9 Å². The molecule has 1 aromatic carbocycles. The fourth-order valence-electron chi connectivity index (χ4n) is 8.18. The first-order chi connectivity index (χ1) is 19.5. The molecule has 5 rings (SSSR count). The van der Waals surface area contributed by atoms with E-state index in [9.17, 15) is 29.4 Å². The molecule has 0 radical (unpaired) electrons. The predicted molar refractivity (Wildman–Crippen MR) is 148 cm³/mol. The van der Waals surface area contributed by atoms with Crippen LogP contribution in [0.3, 0.4) is 0 Å². The van der Waals surface area contributed by atoms with Crippen LogP contribution in [0, 0.1) is 28.6 Å². The van der Waals surface area contributed by atoms with Gasteiger partial charge in [-0.25, -0.2) is 4.79 Å². The van der Waals surface area contributed by atoms with Crippen molar-refractivity contribution in [2.45, 2.75) is 90.8 Å². The van der Waals surface area contributed by atoms with Crippen molar-refractivity contribution in [1.29, 1.82) is 0 Å². The third-order valence-corrected chi connectivity index (χ3v) is 10.7. The summed E-state index contributed by atoms with van der Waals surface area (Å²) in [6.45, 7) is 11.0. The molecule has 3 fully saturated rings. The van der Waals surface area contributed by atoms with E-state index in [2.05, 4.69) is 0 Å². The lowest BCUT2D eigenvalue weighted by Gasteiger charge is -2.67. The van der Waals surface area contributed by atoms with Gasteiger partial charge in [0.2, 0.25) is 5.78 Å². The minimum absolute atomic E-state index is 0.0914. The zero-order valence-electron chi connectivity index (χ0n) is 25.1. The van der Waals surface area contributed by atoms with Gasteiger partial charge < -0.3 is 29.2 Å². The van der Waals surface area contributed by atoms with Crippen molar-refractivity contribution in [2.75, 3.05) is 6.61 Å². The standard InChI is InChI=1S/C32H40O10/c1-16-13-22-31(15-39-22,42-19(4)34)25-27(41-28(37)20-11-9-8-10-12-20)32(38)14-21(35)17(2)23(29(32,5)6)24(40-18(3)33)26(36)30(16,25)7/h8-12,16-17,21-22,25,27,35,38H,13-15H2,1-7H3/t16?,17?,21-,22+,25?,27-,30+,31-,32+/m0/s1. The summed E-state index contributed by atoms with van der Waals surface area (Å²) in [5.41, 5.74) is -5.76. The Morgan fingerprint density at radius 3 is 2.21 bits per heavy atom. The van der Waals surface area contributed by atoms with E-state index in [1.165, 1.54) is 13.8 Å². The maximum atomic E-state index is 14.9. The molecule has 2 saturated carbocycles. The Balaban J connectivity index is 1.86. The van der Waals surface area contributed by atoms with Crippen LogP contribution in [0.4, 0.5) is 0 Å². The molecular weight excluding hydrogens is 544 g/mol. The first-order valence-electron chi connectivity index (χ1n) is 14.5. The van der Waals surface area contributed by atoms with Gasteiger partial charge in [0, 0.05) is 37.0 Å². The fourth-order valence-corrected chi connectivity index (χ4v) is 8.18. The van der Waals surface area contributed by atoms with E-state index in [0.717, 1.165) is 0 Å². The maximum Gasteiger partial charge on any atom is 0.338 e. The Kier molecular flexibility index (Phi) is 7.23. The minimum atomic E-state index is -2.00. The van der Waals surface area contributed by atoms with Crippen LogP contribution in [-0.2, 0) is 33.3 Å². The molecule has 9 atom stereocenters. The molecule has 2 bridgehead atoms. The second kappa shape index (κ2) is 9.99. The van der Waals surface area contributed by atoms with Gasteiger partial charge in [-0.15, -0.1) is 0 Å². The molecule has 228 valence electrons. The van der Waals surface area contributed by atoms with E-state index in [4.69, 9.17) is 18.9 Å². The van der Waals surface area contributed by atoms with Crippen LogP contribution in [0.2, 0.25) is 0 Å². The van der Waals surface area contributed by atoms with Crippen molar-refractivity contribution in [3.8, 4) is 0 Å². The summed E-state index contributed by atoms with van der Waals surface area (Å²) in [5.74, 6) is -5.12. The van der Waals surface area contributed by atoms with Crippen LogP contribution in [0.25, 0.3) is 0 Å². The van der Waals surface area contributed by atoms with Crippen LogP contribution in [0.15, 0.2) is 41.7 Å². The van der Waals surface area contributed by atoms with Crippen molar-refractivity contribution in [3.63, 3.8) is 0 Å². The van der Waals surface area contributed by atoms with Gasteiger partial charge in [0.1, 0.15) is 17.8 Å². The predicted octanol–water partition coefficient (Wildman–Crippen LogP) is 3.13. The van der Waals surface area contributed by atoms with Crippen LogP contribution in [0.1, 0.15) is 71.7 Å². The van der Waals surface area contributed by atoms with Crippen LogP contribution < -0.4 is 0 Å². The molecule has 4 aliphatic rings. The number of benzene rings is 1. The van der Waals surface area contributed by atoms with Crippen LogP contribution >= 0.6 is 0 Å². The van der Waals surface area contributed by atoms with E-state index in [1.807, 2.05) is 6.92 Å². The molecule has 10 nitrogen and oxygen atoms in total. The second-order valence-electron chi connectivity index (χ2n) is 13.2. The number of rotatable bonds is 4. The summed E-state index contributed by atoms with van der Waals surface area (Å²) in [6, 6.07) is 8.26. The van der Waals surface area contributed by atoms with Gasteiger partial charge in [-0.3, -0.25) is 14.4 Å². The Hall–Kier alpha value is -3.08. The van der Waals surface area contributed by atoms with Crippen molar-refractivity contribution >= 4 is 23.7 Å². The topological polar surface area (TPSA) is 146 Å². The lowest BCUT2D eigenvalue weighted by Crippen LogP contribution is -2.80. The molecular formula is C32H40O10. The maximum absolute atomic E-state index is 14.9. The van der Waals surface area contributed by atoms with Crippen molar-refractivity contribution in [3.05, 3.63) is 47.2 Å². The molecule has 1 saturated heterocycles. The first kappa shape index (κ1) is 30.4. The molecule has 1 heterocycles. The average Bonchev–Trinajstić information content (AvgIpc) is 2.90. The third kappa shape index (κ3) is 4.09. The van der Waals surface area contributed by atoms with Gasteiger partial charge in [-0.05, 0) is 30.0 Å². The molecule has 10 heteroatoms. The SMILES string of the molecule is CC(=O)OC1=C2C(C)[C@@H](O)C[C@@](O)([C@@H](OC(=O)c3ccccc3)C3[C@](C)(C1=O)C(C)C[C@H]1OC[C@@]31OC(C)=O)C2(C)C. The quantitative estimate of drug-likeness (QED) is 0.400. The van der Waals surface area contributed by atoms with Gasteiger partial charge in [-0.1, -0.05) is 52.8 Å². The summed E-state index contributed by atoms with van der Waals surface area (Å²) in [7, 11) is 0. The average molecular weight is 585 g/mol. The second-order valence-corrected chi connectivity index (χ2v) is 13.2. The molecule has 3 aliphatic carbocycles. The zero-order valence-corrected chi connectivity index (χ0v) is 25.1.